The third-order valence-electron chi connectivity index (χ3n) is 3.07. The van der Waals surface area contributed by atoms with Gasteiger partial charge in [-0.25, -0.2) is 19.9 Å². The van der Waals surface area contributed by atoms with Crippen molar-refractivity contribution in [3.63, 3.8) is 0 Å². The molecule has 0 saturated heterocycles. The first kappa shape index (κ1) is 15.2. The number of anilines is 1. The van der Waals surface area contributed by atoms with Crippen LogP contribution in [-0.2, 0) is 6.54 Å². The van der Waals surface area contributed by atoms with E-state index in [9.17, 15) is 4.39 Å². The maximum absolute atomic E-state index is 13.7. The standard InChI is InChI=1S/C15H12ClFN6/c1-9-4-11(2-3-18-9)14-19-5-10(6-20-14)7-21-15-12(17)13(16)22-8-23-15/h2-6,8H,7H2,1H3,(H,21,22,23). The fourth-order valence-corrected chi connectivity index (χ4v) is 2.07. The highest BCUT2D eigenvalue weighted by atomic mass is 35.5. The summed E-state index contributed by atoms with van der Waals surface area (Å²) in [5, 5.41) is 2.62. The quantitative estimate of drug-likeness (QED) is 0.741. The van der Waals surface area contributed by atoms with Gasteiger partial charge in [0, 0.05) is 42.0 Å². The molecule has 0 spiro atoms. The van der Waals surface area contributed by atoms with E-state index in [2.05, 4.69) is 30.2 Å². The molecule has 3 aromatic heterocycles. The second-order valence-electron chi connectivity index (χ2n) is 4.78. The number of hydrogen-bond donors (Lipinski definition) is 1. The number of halogens is 2. The number of rotatable bonds is 4. The molecule has 0 amide bonds. The van der Waals surface area contributed by atoms with Gasteiger partial charge in [0.1, 0.15) is 6.33 Å². The van der Waals surface area contributed by atoms with E-state index in [-0.39, 0.29) is 11.0 Å². The van der Waals surface area contributed by atoms with Crippen molar-refractivity contribution in [2.24, 2.45) is 0 Å². The van der Waals surface area contributed by atoms with Crippen LogP contribution in [0.5, 0.6) is 0 Å². The number of aromatic nitrogens is 5. The van der Waals surface area contributed by atoms with E-state index in [4.69, 9.17) is 11.6 Å². The summed E-state index contributed by atoms with van der Waals surface area (Å²) in [6.07, 6.45) is 6.25. The van der Waals surface area contributed by atoms with Crippen LogP contribution in [0.15, 0.2) is 37.1 Å². The second kappa shape index (κ2) is 6.62. The van der Waals surface area contributed by atoms with E-state index in [0.717, 1.165) is 16.8 Å². The van der Waals surface area contributed by atoms with E-state index in [1.807, 2.05) is 19.1 Å². The van der Waals surface area contributed by atoms with E-state index < -0.39 is 5.82 Å². The summed E-state index contributed by atoms with van der Waals surface area (Å²) in [5.74, 6) is -0.0340. The molecule has 0 aliphatic heterocycles. The summed E-state index contributed by atoms with van der Waals surface area (Å²) in [6.45, 7) is 2.23. The predicted molar refractivity (Wildman–Crippen MR) is 84.3 cm³/mol. The van der Waals surface area contributed by atoms with Gasteiger partial charge in [0.15, 0.2) is 16.8 Å². The van der Waals surface area contributed by atoms with Gasteiger partial charge in [-0.15, -0.1) is 0 Å². The van der Waals surface area contributed by atoms with Crippen LogP contribution in [0.25, 0.3) is 11.4 Å². The Morgan fingerprint density at radius 3 is 2.65 bits per heavy atom. The molecule has 3 rings (SSSR count). The van der Waals surface area contributed by atoms with Crippen LogP contribution in [0.4, 0.5) is 10.2 Å². The molecule has 0 saturated carbocycles. The van der Waals surface area contributed by atoms with Crippen LogP contribution in [0, 0.1) is 12.7 Å². The molecule has 0 unspecified atom stereocenters. The largest absolute Gasteiger partial charge is 0.363 e. The van der Waals surface area contributed by atoms with Crippen molar-refractivity contribution in [1.29, 1.82) is 0 Å². The first-order chi connectivity index (χ1) is 11.1. The Morgan fingerprint density at radius 2 is 1.91 bits per heavy atom. The first-order valence-corrected chi connectivity index (χ1v) is 7.15. The van der Waals surface area contributed by atoms with Crippen LogP contribution in [0.3, 0.4) is 0 Å². The van der Waals surface area contributed by atoms with Gasteiger partial charge in [-0.2, -0.15) is 4.39 Å². The molecule has 0 aromatic carbocycles. The lowest BCUT2D eigenvalue weighted by Gasteiger charge is -2.07. The number of pyridine rings is 1. The van der Waals surface area contributed by atoms with Crippen LogP contribution < -0.4 is 5.32 Å². The fourth-order valence-electron chi connectivity index (χ4n) is 1.94. The van der Waals surface area contributed by atoms with Gasteiger partial charge in [-0.3, -0.25) is 4.98 Å². The van der Waals surface area contributed by atoms with Crippen molar-refractivity contribution < 1.29 is 4.39 Å². The molecule has 3 aromatic rings. The van der Waals surface area contributed by atoms with E-state index in [1.54, 1.807) is 18.6 Å². The molecule has 0 aliphatic rings. The first-order valence-electron chi connectivity index (χ1n) is 6.77. The van der Waals surface area contributed by atoms with Crippen LogP contribution in [-0.4, -0.2) is 24.9 Å². The minimum Gasteiger partial charge on any atom is -0.363 e. The molecule has 8 heteroatoms. The summed E-state index contributed by atoms with van der Waals surface area (Å²) in [5.41, 5.74) is 2.58. The zero-order valence-electron chi connectivity index (χ0n) is 12.2. The molecule has 0 radical (unpaired) electrons. The zero-order valence-corrected chi connectivity index (χ0v) is 12.9. The highest BCUT2D eigenvalue weighted by molar-refractivity contribution is 6.29. The van der Waals surface area contributed by atoms with Gasteiger partial charge >= 0.3 is 0 Å². The Balaban J connectivity index is 1.72. The molecular weight excluding hydrogens is 319 g/mol. The van der Waals surface area contributed by atoms with Crippen molar-refractivity contribution in [3.05, 3.63) is 59.3 Å². The average Bonchev–Trinajstić information content (AvgIpc) is 2.57. The zero-order chi connectivity index (χ0) is 16.2. The average molecular weight is 331 g/mol. The van der Waals surface area contributed by atoms with Crippen molar-refractivity contribution >= 4 is 17.4 Å². The van der Waals surface area contributed by atoms with Crippen LogP contribution in [0.1, 0.15) is 11.3 Å². The van der Waals surface area contributed by atoms with E-state index in [1.165, 1.54) is 6.33 Å². The Kier molecular flexibility index (Phi) is 4.38. The lowest BCUT2D eigenvalue weighted by molar-refractivity contribution is 0.617. The maximum atomic E-state index is 13.7. The Morgan fingerprint density at radius 1 is 1.13 bits per heavy atom. The fraction of sp³-hybridized carbons (Fsp3) is 0.133. The minimum atomic E-state index is -0.682. The van der Waals surface area contributed by atoms with Crippen molar-refractivity contribution in [2.75, 3.05) is 5.32 Å². The molecule has 0 bridgehead atoms. The molecule has 0 aliphatic carbocycles. The SMILES string of the molecule is Cc1cc(-c2ncc(CNc3ncnc(Cl)c3F)cn2)ccn1. The lowest BCUT2D eigenvalue weighted by Crippen LogP contribution is -2.05. The summed E-state index contributed by atoms with van der Waals surface area (Å²) < 4.78 is 13.7. The molecular formula is C15H12ClFN6. The van der Waals surface area contributed by atoms with Crippen molar-refractivity contribution in [2.45, 2.75) is 13.5 Å². The van der Waals surface area contributed by atoms with Gasteiger partial charge in [-0.05, 0) is 19.1 Å². The number of aryl methyl sites for hydroxylation is 1. The normalized spacial score (nSPS) is 10.6. The summed E-state index contributed by atoms with van der Waals surface area (Å²) in [4.78, 5) is 20.1. The second-order valence-corrected chi connectivity index (χ2v) is 5.14. The molecule has 23 heavy (non-hydrogen) atoms. The summed E-state index contributed by atoms with van der Waals surface area (Å²) in [6, 6.07) is 3.75. The smallest absolute Gasteiger partial charge is 0.202 e. The number of hydrogen-bond acceptors (Lipinski definition) is 6. The number of nitrogens with zero attached hydrogens (tertiary/aromatic N) is 5. The Labute approximate surface area is 136 Å². The lowest BCUT2D eigenvalue weighted by atomic mass is 10.2. The predicted octanol–water partition coefficient (Wildman–Crippen LogP) is 3.04. The highest BCUT2D eigenvalue weighted by Crippen LogP contribution is 2.18. The van der Waals surface area contributed by atoms with Crippen molar-refractivity contribution in [3.8, 4) is 11.4 Å². The molecule has 1 N–H and O–H groups in total. The van der Waals surface area contributed by atoms with Gasteiger partial charge in [0.25, 0.3) is 0 Å². The molecule has 0 atom stereocenters. The topological polar surface area (TPSA) is 76.5 Å². The van der Waals surface area contributed by atoms with Crippen LogP contribution in [0.2, 0.25) is 5.15 Å². The summed E-state index contributed by atoms with van der Waals surface area (Å²) in [7, 11) is 0. The maximum Gasteiger partial charge on any atom is 0.202 e. The minimum absolute atomic E-state index is 0.0406. The van der Waals surface area contributed by atoms with Crippen LogP contribution >= 0.6 is 11.6 Å². The highest BCUT2D eigenvalue weighted by Gasteiger charge is 2.09. The molecule has 3 heterocycles. The third-order valence-corrected chi connectivity index (χ3v) is 3.33. The Bertz CT molecular complexity index is 824. The molecule has 0 fully saturated rings. The van der Waals surface area contributed by atoms with E-state index >= 15 is 0 Å². The van der Waals surface area contributed by atoms with Gasteiger partial charge in [0.2, 0.25) is 5.82 Å². The molecule has 6 nitrogen and oxygen atoms in total. The van der Waals surface area contributed by atoms with Gasteiger partial charge < -0.3 is 5.32 Å². The van der Waals surface area contributed by atoms with Gasteiger partial charge in [-0.1, -0.05) is 11.6 Å². The monoisotopic (exact) mass is 330 g/mol. The van der Waals surface area contributed by atoms with Crippen molar-refractivity contribution in [1.82, 2.24) is 24.9 Å². The summed E-state index contributed by atoms with van der Waals surface area (Å²) >= 11 is 5.60. The van der Waals surface area contributed by atoms with Gasteiger partial charge in [0.05, 0.1) is 0 Å². The third kappa shape index (κ3) is 3.57. The molecule has 116 valence electrons. The number of nitrogens with one attached hydrogen (secondary N) is 1. The van der Waals surface area contributed by atoms with E-state index in [0.29, 0.717) is 12.4 Å². The Hall–Kier alpha value is -2.67.